The number of hydrogen-bond acceptors (Lipinski definition) is 5. The highest BCUT2D eigenvalue weighted by Crippen LogP contribution is 2.32. The molecule has 0 bridgehead atoms. The minimum Gasteiger partial charge on any atom is -0.497 e. The lowest BCUT2D eigenvalue weighted by Gasteiger charge is -2.24. The van der Waals surface area contributed by atoms with Crippen LogP contribution < -0.4 is 9.04 Å². The quantitative estimate of drug-likeness (QED) is 0.628. The number of hydrogen-bond donors (Lipinski definition) is 0. The maximum Gasteiger partial charge on any atom is 0.274 e. The molecule has 1 aromatic carbocycles. The minimum atomic E-state index is -3.75. The number of sulfonamides is 1. The number of anilines is 1. The highest BCUT2D eigenvalue weighted by Gasteiger charge is 2.27. The average Bonchev–Trinajstić information content (AvgIpc) is 3.08. The van der Waals surface area contributed by atoms with E-state index in [-0.39, 0.29) is 10.8 Å². The van der Waals surface area contributed by atoms with Gasteiger partial charge in [0.25, 0.3) is 10.0 Å². The normalized spacial score (nSPS) is 11.3. The first-order valence-corrected chi connectivity index (χ1v) is 9.95. The second-order valence-corrected chi connectivity index (χ2v) is 8.93. The van der Waals surface area contributed by atoms with Gasteiger partial charge in [0.1, 0.15) is 9.96 Å². The number of pyridine rings is 1. The third kappa shape index (κ3) is 3.95. The molecule has 130 valence electrons. The van der Waals surface area contributed by atoms with Crippen molar-refractivity contribution in [3.05, 3.63) is 70.8 Å². The van der Waals surface area contributed by atoms with Crippen molar-refractivity contribution in [3.8, 4) is 5.75 Å². The molecule has 0 unspecified atom stereocenters. The van der Waals surface area contributed by atoms with Crippen molar-refractivity contribution in [3.63, 3.8) is 0 Å². The molecule has 0 amide bonds. The Morgan fingerprint density at radius 1 is 1.16 bits per heavy atom. The van der Waals surface area contributed by atoms with Crippen molar-refractivity contribution in [2.75, 3.05) is 11.4 Å². The van der Waals surface area contributed by atoms with E-state index in [0.717, 1.165) is 16.9 Å². The third-order valence-corrected chi connectivity index (χ3v) is 6.97. The zero-order chi connectivity index (χ0) is 17.9. The summed E-state index contributed by atoms with van der Waals surface area (Å²) >= 11 is 6.96. The topological polar surface area (TPSA) is 59.5 Å². The van der Waals surface area contributed by atoms with E-state index in [4.69, 9.17) is 16.3 Å². The smallest absolute Gasteiger partial charge is 0.274 e. The summed E-state index contributed by atoms with van der Waals surface area (Å²) in [6.45, 7) is 0.165. The highest BCUT2D eigenvalue weighted by atomic mass is 35.5. The van der Waals surface area contributed by atoms with Crippen LogP contribution in [0.15, 0.2) is 65.1 Å². The molecule has 0 aliphatic rings. The monoisotopic (exact) mass is 394 g/mol. The summed E-state index contributed by atoms with van der Waals surface area (Å²) in [6.07, 6.45) is 3.29. The number of methoxy groups -OCH3 is 1. The van der Waals surface area contributed by atoms with Crippen molar-refractivity contribution in [2.24, 2.45) is 0 Å². The molecule has 0 aliphatic heterocycles. The lowest BCUT2D eigenvalue weighted by Crippen LogP contribution is -2.30. The van der Waals surface area contributed by atoms with Crippen molar-refractivity contribution >= 4 is 38.6 Å². The van der Waals surface area contributed by atoms with E-state index in [1.54, 1.807) is 55.9 Å². The number of rotatable bonds is 6. The van der Waals surface area contributed by atoms with Crippen LogP contribution in [-0.4, -0.2) is 20.5 Å². The molecule has 0 atom stereocenters. The molecule has 0 aliphatic carbocycles. The van der Waals surface area contributed by atoms with Gasteiger partial charge in [-0.25, -0.2) is 8.42 Å². The summed E-state index contributed by atoms with van der Waals surface area (Å²) < 4.78 is 33.4. The Labute approximate surface area is 155 Å². The molecule has 0 fully saturated rings. The Balaban J connectivity index is 2.04. The molecule has 0 N–H and O–H groups in total. The van der Waals surface area contributed by atoms with Gasteiger partial charge in [-0.3, -0.25) is 9.29 Å². The van der Waals surface area contributed by atoms with Gasteiger partial charge in [-0.05, 0) is 48.0 Å². The first-order chi connectivity index (χ1) is 12.0. The molecule has 0 saturated heterocycles. The first kappa shape index (κ1) is 17.7. The molecule has 0 spiro atoms. The highest BCUT2D eigenvalue weighted by molar-refractivity contribution is 7.94. The lowest BCUT2D eigenvalue weighted by molar-refractivity contribution is 0.415. The van der Waals surface area contributed by atoms with Crippen molar-refractivity contribution < 1.29 is 13.2 Å². The molecular formula is C17H15ClN2O3S2. The van der Waals surface area contributed by atoms with E-state index in [1.165, 1.54) is 10.4 Å². The molecule has 2 heterocycles. The summed E-state index contributed by atoms with van der Waals surface area (Å²) in [6, 6.07) is 13.6. The van der Waals surface area contributed by atoms with Crippen LogP contribution in [-0.2, 0) is 16.6 Å². The van der Waals surface area contributed by atoms with E-state index in [9.17, 15) is 8.42 Å². The van der Waals surface area contributed by atoms with E-state index in [2.05, 4.69) is 4.98 Å². The van der Waals surface area contributed by atoms with Crippen LogP contribution in [0.5, 0.6) is 5.75 Å². The fraction of sp³-hybridized carbons (Fsp3) is 0.118. The van der Waals surface area contributed by atoms with Gasteiger partial charge in [-0.15, -0.1) is 11.3 Å². The van der Waals surface area contributed by atoms with Gasteiger partial charge in [0, 0.05) is 12.4 Å². The van der Waals surface area contributed by atoms with Crippen molar-refractivity contribution in [1.82, 2.24) is 4.98 Å². The Kier molecular flexibility index (Phi) is 5.27. The largest absolute Gasteiger partial charge is 0.497 e. The van der Waals surface area contributed by atoms with Crippen molar-refractivity contribution in [1.29, 1.82) is 0 Å². The van der Waals surface area contributed by atoms with E-state index < -0.39 is 10.0 Å². The molecule has 0 radical (unpaired) electrons. The van der Waals surface area contributed by atoms with Crippen LogP contribution in [0.2, 0.25) is 4.34 Å². The molecule has 0 saturated carbocycles. The summed E-state index contributed by atoms with van der Waals surface area (Å²) in [5.74, 6) is 0.654. The fourth-order valence-corrected chi connectivity index (χ4v) is 5.32. The van der Waals surface area contributed by atoms with Gasteiger partial charge in [-0.1, -0.05) is 17.7 Å². The van der Waals surface area contributed by atoms with Crippen LogP contribution in [0.25, 0.3) is 0 Å². The number of ether oxygens (including phenoxy) is 1. The Morgan fingerprint density at radius 3 is 2.48 bits per heavy atom. The Bertz CT molecular complexity index is 942. The summed E-state index contributed by atoms with van der Waals surface area (Å²) in [4.78, 5) is 4.06. The number of halogens is 1. The Hall–Kier alpha value is -2.09. The lowest BCUT2D eigenvalue weighted by atomic mass is 10.2. The first-order valence-electron chi connectivity index (χ1n) is 7.32. The third-order valence-electron chi connectivity index (χ3n) is 3.50. The predicted octanol–water partition coefficient (Wildman–Crippen LogP) is 4.20. The number of benzene rings is 1. The molecule has 5 nitrogen and oxygen atoms in total. The Morgan fingerprint density at radius 2 is 1.92 bits per heavy atom. The molecule has 8 heteroatoms. The van der Waals surface area contributed by atoms with Crippen LogP contribution in [0.4, 0.5) is 5.69 Å². The van der Waals surface area contributed by atoms with Crippen LogP contribution in [0.3, 0.4) is 0 Å². The minimum absolute atomic E-state index is 0.165. The molecular weight excluding hydrogens is 380 g/mol. The van der Waals surface area contributed by atoms with Gasteiger partial charge in [0.2, 0.25) is 0 Å². The zero-order valence-electron chi connectivity index (χ0n) is 13.3. The second-order valence-electron chi connectivity index (χ2n) is 5.13. The zero-order valence-corrected chi connectivity index (χ0v) is 15.7. The van der Waals surface area contributed by atoms with Gasteiger partial charge >= 0.3 is 0 Å². The average molecular weight is 395 g/mol. The van der Waals surface area contributed by atoms with Crippen LogP contribution >= 0.6 is 22.9 Å². The van der Waals surface area contributed by atoms with Gasteiger partial charge < -0.3 is 4.74 Å². The van der Waals surface area contributed by atoms with Crippen molar-refractivity contribution in [2.45, 2.75) is 10.8 Å². The standard InChI is InChI=1S/C17H15ClN2O3S2/c1-23-15-6-4-14(5-7-15)20(12-13-3-2-10-19-11-13)25(21,22)17-9-8-16(18)24-17/h2-11H,12H2,1H3. The maximum absolute atomic E-state index is 13.1. The molecule has 3 rings (SSSR count). The second kappa shape index (κ2) is 7.43. The number of thiophene rings is 1. The molecule has 3 aromatic rings. The molecule has 25 heavy (non-hydrogen) atoms. The van der Waals surface area contributed by atoms with E-state index in [1.807, 2.05) is 6.07 Å². The summed E-state index contributed by atoms with van der Waals surface area (Å²) in [5.41, 5.74) is 1.32. The van der Waals surface area contributed by atoms with Crippen LogP contribution in [0.1, 0.15) is 5.56 Å². The van der Waals surface area contributed by atoms with E-state index in [0.29, 0.717) is 15.8 Å². The van der Waals surface area contributed by atoms with E-state index >= 15 is 0 Å². The summed E-state index contributed by atoms with van der Waals surface area (Å²) in [5, 5.41) is 0. The number of aromatic nitrogens is 1. The summed E-state index contributed by atoms with van der Waals surface area (Å²) in [7, 11) is -2.19. The molecule has 2 aromatic heterocycles. The predicted molar refractivity (Wildman–Crippen MR) is 99.9 cm³/mol. The SMILES string of the molecule is COc1ccc(N(Cc2cccnc2)S(=O)(=O)c2ccc(Cl)s2)cc1. The maximum atomic E-state index is 13.1. The fourth-order valence-electron chi connectivity index (χ4n) is 2.27. The van der Waals surface area contributed by atoms with Crippen LogP contribution in [0, 0.1) is 0 Å². The number of nitrogens with zero attached hydrogens (tertiary/aromatic N) is 2. The van der Waals surface area contributed by atoms with Gasteiger partial charge in [0.05, 0.1) is 23.7 Å². The van der Waals surface area contributed by atoms with Gasteiger partial charge in [-0.2, -0.15) is 0 Å². The van der Waals surface area contributed by atoms with Gasteiger partial charge in [0.15, 0.2) is 0 Å².